The van der Waals surface area contributed by atoms with Crippen LogP contribution < -0.4 is 11.1 Å². The number of ether oxygens (including phenoxy) is 1. The van der Waals surface area contributed by atoms with E-state index in [1.54, 1.807) is 24.0 Å². The number of nitrogens with one attached hydrogen (secondary N) is 1. The largest absolute Gasteiger partial charge is 0.443 e. The monoisotopic (exact) mass is 225 g/mol. The Morgan fingerprint density at radius 2 is 2.53 bits per heavy atom. The van der Waals surface area contributed by atoms with Crippen LogP contribution in [0.25, 0.3) is 0 Å². The van der Waals surface area contributed by atoms with Crippen molar-refractivity contribution in [1.29, 1.82) is 0 Å². The maximum Gasteiger partial charge on any atom is 0.407 e. The van der Waals surface area contributed by atoms with Gasteiger partial charge in [-0.15, -0.1) is 11.8 Å². The van der Waals surface area contributed by atoms with Crippen LogP contribution >= 0.6 is 11.8 Å². The third-order valence-electron chi connectivity index (χ3n) is 1.94. The Labute approximate surface area is 91.4 Å². The SMILES string of the molecule is Nc1ccc(SCC2CNC(=O)O2)cn1. The van der Waals surface area contributed by atoms with Gasteiger partial charge in [0.25, 0.3) is 0 Å². The molecule has 0 saturated carbocycles. The second-order valence-corrected chi connectivity index (χ2v) is 4.23. The van der Waals surface area contributed by atoms with Gasteiger partial charge in [0.1, 0.15) is 11.9 Å². The quantitative estimate of drug-likeness (QED) is 0.746. The molecule has 1 aromatic heterocycles. The lowest BCUT2D eigenvalue weighted by Gasteiger charge is -2.06. The number of aromatic nitrogens is 1. The molecule has 0 bridgehead atoms. The fourth-order valence-electron chi connectivity index (χ4n) is 1.19. The summed E-state index contributed by atoms with van der Waals surface area (Å²) in [6.07, 6.45) is 1.32. The van der Waals surface area contributed by atoms with Gasteiger partial charge in [0.15, 0.2) is 0 Å². The summed E-state index contributed by atoms with van der Waals surface area (Å²) >= 11 is 1.59. The molecular formula is C9H11N3O2S. The number of carbonyl (C=O) groups is 1. The first-order valence-electron chi connectivity index (χ1n) is 4.53. The third-order valence-corrected chi connectivity index (χ3v) is 3.06. The Morgan fingerprint density at radius 1 is 1.67 bits per heavy atom. The van der Waals surface area contributed by atoms with Crippen molar-refractivity contribution in [2.24, 2.45) is 0 Å². The number of hydrogen-bond donors (Lipinski definition) is 2. The molecule has 1 fully saturated rings. The molecule has 2 heterocycles. The lowest BCUT2D eigenvalue weighted by atomic mass is 10.4. The average Bonchev–Trinajstić information content (AvgIpc) is 2.64. The molecule has 1 saturated heterocycles. The Bertz CT molecular complexity index is 355. The molecule has 0 spiro atoms. The second-order valence-electron chi connectivity index (χ2n) is 3.14. The smallest absolute Gasteiger partial charge is 0.407 e. The zero-order valence-electron chi connectivity index (χ0n) is 7.97. The molecule has 1 aromatic rings. The summed E-state index contributed by atoms with van der Waals surface area (Å²) < 4.78 is 4.99. The number of nitrogens with two attached hydrogens (primary N) is 1. The van der Waals surface area contributed by atoms with Crippen LogP contribution in [-0.2, 0) is 4.74 Å². The zero-order valence-corrected chi connectivity index (χ0v) is 8.79. The Kier molecular flexibility index (Phi) is 2.96. The maximum atomic E-state index is 10.7. The predicted octanol–water partition coefficient (Wildman–Crippen LogP) is 0.864. The number of pyridine rings is 1. The predicted molar refractivity (Wildman–Crippen MR) is 57.6 cm³/mol. The van der Waals surface area contributed by atoms with Gasteiger partial charge in [0.05, 0.1) is 6.54 Å². The Morgan fingerprint density at radius 3 is 3.13 bits per heavy atom. The summed E-state index contributed by atoms with van der Waals surface area (Å²) in [6.45, 7) is 0.578. The fourth-order valence-corrected chi connectivity index (χ4v) is 2.05. The van der Waals surface area contributed by atoms with Crippen LogP contribution in [0.1, 0.15) is 0 Å². The number of hydrogen-bond acceptors (Lipinski definition) is 5. The molecule has 1 amide bonds. The number of nitrogens with zero attached hydrogens (tertiary/aromatic N) is 1. The molecule has 5 nitrogen and oxygen atoms in total. The van der Waals surface area contributed by atoms with Crippen molar-refractivity contribution in [3.05, 3.63) is 18.3 Å². The lowest BCUT2D eigenvalue weighted by molar-refractivity contribution is 0.150. The summed E-state index contributed by atoms with van der Waals surface area (Å²) in [4.78, 5) is 15.7. The molecule has 0 aliphatic carbocycles. The molecule has 3 N–H and O–H groups in total. The van der Waals surface area contributed by atoms with Crippen molar-refractivity contribution >= 4 is 23.7 Å². The van der Waals surface area contributed by atoms with Crippen molar-refractivity contribution in [1.82, 2.24) is 10.3 Å². The number of cyclic esters (lactones) is 1. The van der Waals surface area contributed by atoms with E-state index in [0.29, 0.717) is 12.4 Å². The molecule has 1 atom stereocenters. The summed E-state index contributed by atoms with van der Waals surface area (Å²) in [7, 11) is 0. The highest BCUT2D eigenvalue weighted by Crippen LogP contribution is 2.20. The van der Waals surface area contributed by atoms with E-state index >= 15 is 0 Å². The highest BCUT2D eigenvalue weighted by atomic mass is 32.2. The molecule has 1 aliphatic rings. The fraction of sp³-hybridized carbons (Fsp3) is 0.333. The van der Waals surface area contributed by atoms with E-state index in [1.165, 1.54) is 0 Å². The summed E-state index contributed by atoms with van der Waals surface area (Å²) in [5.41, 5.74) is 5.46. The Hall–Kier alpha value is -1.43. The van der Waals surface area contributed by atoms with E-state index in [0.717, 1.165) is 10.6 Å². The van der Waals surface area contributed by atoms with Gasteiger partial charge >= 0.3 is 6.09 Å². The number of thioether (sulfide) groups is 1. The van der Waals surface area contributed by atoms with Crippen LogP contribution in [0.15, 0.2) is 23.2 Å². The summed E-state index contributed by atoms with van der Waals surface area (Å²) in [5, 5.41) is 2.60. The standard InChI is InChI=1S/C9H11N3O2S/c10-8-2-1-7(4-11-8)15-5-6-3-12-9(13)14-6/h1-2,4,6H,3,5H2,(H2,10,11)(H,12,13). The molecule has 80 valence electrons. The first-order valence-corrected chi connectivity index (χ1v) is 5.51. The van der Waals surface area contributed by atoms with Gasteiger partial charge in [-0.1, -0.05) is 0 Å². The van der Waals surface area contributed by atoms with Gasteiger partial charge in [-0.2, -0.15) is 0 Å². The Balaban J connectivity index is 1.83. The van der Waals surface area contributed by atoms with Crippen molar-refractivity contribution in [3.8, 4) is 0 Å². The molecule has 6 heteroatoms. The minimum Gasteiger partial charge on any atom is -0.443 e. The summed E-state index contributed by atoms with van der Waals surface area (Å²) in [6, 6.07) is 3.65. The molecule has 2 rings (SSSR count). The van der Waals surface area contributed by atoms with Crippen molar-refractivity contribution in [2.45, 2.75) is 11.0 Å². The zero-order chi connectivity index (χ0) is 10.7. The molecule has 15 heavy (non-hydrogen) atoms. The first-order chi connectivity index (χ1) is 7.24. The third kappa shape index (κ3) is 2.76. The number of alkyl carbamates (subject to hydrolysis) is 1. The van der Waals surface area contributed by atoms with E-state index in [9.17, 15) is 4.79 Å². The van der Waals surface area contributed by atoms with Gasteiger partial charge in [0.2, 0.25) is 0 Å². The summed E-state index contributed by atoms with van der Waals surface area (Å²) in [5.74, 6) is 1.23. The average molecular weight is 225 g/mol. The van der Waals surface area contributed by atoms with Crippen LogP contribution in [0, 0.1) is 0 Å². The molecule has 1 aliphatic heterocycles. The van der Waals surface area contributed by atoms with Crippen LogP contribution in [-0.4, -0.2) is 29.5 Å². The van der Waals surface area contributed by atoms with Crippen LogP contribution in [0.5, 0.6) is 0 Å². The van der Waals surface area contributed by atoms with Crippen molar-refractivity contribution in [2.75, 3.05) is 18.0 Å². The van der Waals surface area contributed by atoms with Crippen LogP contribution in [0.3, 0.4) is 0 Å². The first kappa shape index (κ1) is 10.1. The van der Waals surface area contributed by atoms with Gasteiger partial charge < -0.3 is 15.8 Å². The highest BCUT2D eigenvalue weighted by molar-refractivity contribution is 7.99. The van der Waals surface area contributed by atoms with Crippen LogP contribution in [0.4, 0.5) is 10.6 Å². The topological polar surface area (TPSA) is 77.2 Å². The minimum absolute atomic E-state index is 0.0555. The van der Waals surface area contributed by atoms with Crippen LogP contribution in [0.2, 0.25) is 0 Å². The number of anilines is 1. The number of carbonyl (C=O) groups excluding carboxylic acids is 1. The molecule has 0 radical (unpaired) electrons. The number of rotatable bonds is 3. The molecule has 1 unspecified atom stereocenters. The molecular weight excluding hydrogens is 214 g/mol. The van der Waals surface area contributed by atoms with E-state index in [-0.39, 0.29) is 12.2 Å². The minimum atomic E-state index is -0.337. The van der Waals surface area contributed by atoms with Gasteiger partial charge in [-0.3, -0.25) is 0 Å². The lowest BCUT2D eigenvalue weighted by Crippen LogP contribution is -2.16. The van der Waals surface area contributed by atoms with Gasteiger partial charge in [-0.25, -0.2) is 9.78 Å². The maximum absolute atomic E-state index is 10.7. The van der Waals surface area contributed by atoms with Gasteiger partial charge in [-0.05, 0) is 12.1 Å². The normalized spacial score (nSPS) is 19.7. The van der Waals surface area contributed by atoms with E-state index in [4.69, 9.17) is 10.5 Å². The van der Waals surface area contributed by atoms with Crippen molar-refractivity contribution < 1.29 is 9.53 Å². The number of nitrogen functional groups attached to an aromatic ring is 1. The van der Waals surface area contributed by atoms with Crippen molar-refractivity contribution in [3.63, 3.8) is 0 Å². The highest BCUT2D eigenvalue weighted by Gasteiger charge is 2.22. The van der Waals surface area contributed by atoms with E-state index < -0.39 is 0 Å². The molecule has 0 aromatic carbocycles. The van der Waals surface area contributed by atoms with E-state index in [1.807, 2.05) is 6.07 Å². The van der Waals surface area contributed by atoms with E-state index in [2.05, 4.69) is 10.3 Å². The second kappa shape index (κ2) is 4.39. The van der Waals surface area contributed by atoms with Gasteiger partial charge in [0, 0.05) is 16.8 Å². The number of amides is 1.